The van der Waals surface area contributed by atoms with Gasteiger partial charge in [0.25, 0.3) is 11.8 Å². The zero-order valence-electron chi connectivity index (χ0n) is 15.9. The van der Waals surface area contributed by atoms with E-state index in [1.54, 1.807) is 38.4 Å². The van der Waals surface area contributed by atoms with Crippen LogP contribution in [-0.2, 0) is 6.54 Å². The Kier molecular flexibility index (Phi) is 4.48. The number of hydrogen-bond donors (Lipinski definition) is 0. The van der Waals surface area contributed by atoms with Gasteiger partial charge < -0.3 is 9.80 Å². The number of carbonyl (C=O) groups is 2. The highest BCUT2D eigenvalue weighted by Crippen LogP contribution is 2.40. The lowest BCUT2D eigenvalue weighted by Gasteiger charge is -2.62. The molecular weight excluding hydrogens is 338 g/mol. The van der Waals surface area contributed by atoms with E-state index in [1.165, 1.54) is 10.5 Å². The Morgan fingerprint density at radius 3 is 2.33 bits per heavy atom. The van der Waals surface area contributed by atoms with Crippen LogP contribution in [0.3, 0.4) is 0 Å². The summed E-state index contributed by atoms with van der Waals surface area (Å²) in [6, 6.07) is 17.5. The molecule has 0 aliphatic carbocycles. The van der Waals surface area contributed by atoms with Crippen LogP contribution < -0.4 is 0 Å². The van der Waals surface area contributed by atoms with E-state index in [0.717, 1.165) is 32.6 Å². The molecule has 0 aromatic heterocycles. The second-order valence-corrected chi connectivity index (χ2v) is 7.82. The van der Waals surface area contributed by atoms with Crippen molar-refractivity contribution in [3.8, 4) is 0 Å². The zero-order valence-corrected chi connectivity index (χ0v) is 15.9. The zero-order chi connectivity index (χ0) is 19.0. The van der Waals surface area contributed by atoms with Crippen LogP contribution in [0.2, 0.25) is 0 Å². The van der Waals surface area contributed by atoms with Gasteiger partial charge in [0.1, 0.15) is 0 Å². The van der Waals surface area contributed by atoms with Gasteiger partial charge in [-0.15, -0.1) is 0 Å². The Morgan fingerprint density at radius 1 is 1.00 bits per heavy atom. The summed E-state index contributed by atoms with van der Waals surface area (Å²) >= 11 is 0. The van der Waals surface area contributed by atoms with Crippen molar-refractivity contribution < 1.29 is 9.59 Å². The average Bonchev–Trinajstić information content (AvgIpc) is 2.64. The second kappa shape index (κ2) is 6.82. The number of likely N-dealkylation sites (tertiary alicyclic amines) is 2. The van der Waals surface area contributed by atoms with Crippen molar-refractivity contribution in [2.75, 3.05) is 33.7 Å². The molecule has 0 saturated carbocycles. The van der Waals surface area contributed by atoms with Crippen molar-refractivity contribution in [2.24, 2.45) is 0 Å². The molecule has 27 heavy (non-hydrogen) atoms. The average molecular weight is 363 g/mol. The third-order valence-electron chi connectivity index (χ3n) is 5.75. The van der Waals surface area contributed by atoms with E-state index < -0.39 is 0 Å². The molecule has 2 amide bonds. The number of hydrogen-bond acceptors (Lipinski definition) is 3. The fourth-order valence-corrected chi connectivity index (χ4v) is 4.03. The van der Waals surface area contributed by atoms with Crippen LogP contribution in [-0.4, -0.2) is 65.8 Å². The van der Waals surface area contributed by atoms with Gasteiger partial charge in [-0.2, -0.15) is 0 Å². The smallest absolute Gasteiger partial charge is 0.254 e. The summed E-state index contributed by atoms with van der Waals surface area (Å²) < 4.78 is 0. The maximum absolute atomic E-state index is 12.8. The first-order valence-corrected chi connectivity index (χ1v) is 9.38. The van der Waals surface area contributed by atoms with Crippen LogP contribution in [0.5, 0.6) is 0 Å². The Hall–Kier alpha value is -2.66. The SMILES string of the molecule is CN(C)C(=O)c1cccc(C(=O)N2CC3(CCN3Cc3ccccc3)C2)c1. The standard InChI is InChI=1S/C22H25N3O2/c1-23(2)20(26)18-9-6-10-19(13-18)21(27)24-15-22(16-24)11-12-25(22)14-17-7-4-3-5-8-17/h3-10,13H,11-12,14-16H2,1-2H3. The Balaban J connectivity index is 1.40. The third-order valence-corrected chi connectivity index (χ3v) is 5.75. The molecule has 5 heteroatoms. The summed E-state index contributed by atoms with van der Waals surface area (Å²) in [5.74, 6) is -0.0710. The molecule has 1 spiro atoms. The van der Waals surface area contributed by atoms with E-state index in [-0.39, 0.29) is 17.4 Å². The molecular formula is C22H25N3O2. The van der Waals surface area contributed by atoms with Gasteiger partial charge in [-0.1, -0.05) is 36.4 Å². The minimum atomic E-state index is -0.0854. The largest absolute Gasteiger partial charge is 0.345 e. The summed E-state index contributed by atoms with van der Waals surface area (Å²) in [5, 5.41) is 0. The number of amides is 2. The van der Waals surface area contributed by atoms with Crippen LogP contribution in [0.4, 0.5) is 0 Å². The van der Waals surface area contributed by atoms with Gasteiger partial charge in [-0.25, -0.2) is 0 Å². The monoisotopic (exact) mass is 363 g/mol. The van der Waals surface area contributed by atoms with Gasteiger partial charge in [0.15, 0.2) is 0 Å². The van der Waals surface area contributed by atoms with E-state index in [2.05, 4.69) is 29.2 Å². The molecule has 2 aliphatic heterocycles. The molecule has 0 atom stereocenters. The molecule has 4 rings (SSSR count). The Labute approximate surface area is 160 Å². The van der Waals surface area contributed by atoms with Crippen molar-refractivity contribution >= 4 is 11.8 Å². The third kappa shape index (κ3) is 3.23. The summed E-state index contributed by atoms with van der Waals surface area (Å²) in [7, 11) is 3.43. The normalized spacial score (nSPS) is 17.9. The Morgan fingerprint density at radius 2 is 1.70 bits per heavy atom. The molecule has 2 aromatic carbocycles. The van der Waals surface area contributed by atoms with Gasteiger partial charge in [-0.3, -0.25) is 14.5 Å². The van der Waals surface area contributed by atoms with Crippen LogP contribution in [0, 0.1) is 0 Å². The van der Waals surface area contributed by atoms with Crippen LogP contribution in [0.1, 0.15) is 32.7 Å². The topological polar surface area (TPSA) is 43.9 Å². The van der Waals surface area contributed by atoms with Gasteiger partial charge in [-0.05, 0) is 30.2 Å². The van der Waals surface area contributed by atoms with Gasteiger partial charge >= 0.3 is 0 Å². The van der Waals surface area contributed by atoms with Crippen molar-refractivity contribution in [3.63, 3.8) is 0 Å². The van der Waals surface area contributed by atoms with Crippen LogP contribution >= 0.6 is 0 Å². The predicted octanol–water partition coefficient (Wildman–Crippen LogP) is 2.49. The molecule has 2 aliphatic rings. The van der Waals surface area contributed by atoms with E-state index in [1.807, 2.05) is 11.0 Å². The number of rotatable bonds is 4. The first-order valence-electron chi connectivity index (χ1n) is 9.38. The van der Waals surface area contributed by atoms with Crippen molar-refractivity contribution in [1.82, 2.24) is 14.7 Å². The minimum absolute atomic E-state index is 0.0144. The van der Waals surface area contributed by atoms with Crippen molar-refractivity contribution in [1.29, 1.82) is 0 Å². The molecule has 0 radical (unpaired) electrons. The molecule has 5 nitrogen and oxygen atoms in total. The van der Waals surface area contributed by atoms with E-state index in [0.29, 0.717) is 11.1 Å². The van der Waals surface area contributed by atoms with Gasteiger partial charge in [0.05, 0.1) is 5.54 Å². The molecule has 2 heterocycles. The van der Waals surface area contributed by atoms with Crippen LogP contribution in [0.15, 0.2) is 54.6 Å². The van der Waals surface area contributed by atoms with Crippen molar-refractivity contribution in [2.45, 2.75) is 18.5 Å². The molecule has 140 valence electrons. The fourth-order valence-electron chi connectivity index (χ4n) is 4.03. The molecule has 0 bridgehead atoms. The van der Waals surface area contributed by atoms with Crippen LogP contribution in [0.25, 0.3) is 0 Å². The molecule has 0 N–H and O–H groups in total. The summed E-state index contributed by atoms with van der Waals surface area (Å²) in [6.07, 6.45) is 1.14. The molecule has 2 saturated heterocycles. The highest BCUT2D eigenvalue weighted by atomic mass is 16.2. The minimum Gasteiger partial charge on any atom is -0.345 e. The summed E-state index contributed by atoms with van der Waals surface area (Å²) in [5.41, 5.74) is 2.60. The lowest BCUT2D eigenvalue weighted by atomic mass is 9.76. The maximum atomic E-state index is 12.8. The summed E-state index contributed by atoms with van der Waals surface area (Å²) in [4.78, 5) is 30.9. The first-order chi connectivity index (χ1) is 13.0. The number of nitrogens with zero attached hydrogens (tertiary/aromatic N) is 3. The van der Waals surface area contributed by atoms with Crippen molar-refractivity contribution in [3.05, 3.63) is 71.3 Å². The van der Waals surface area contributed by atoms with E-state index >= 15 is 0 Å². The van der Waals surface area contributed by atoms with Gasteiger partial charge in [0, 0.05) is 51.4 Å². The maximum Gasteiger partial charge on any atom is 0.254 e. The highest BCUT2D eigenvalue weighted by Gasteiger charge is 2.54. The van der Waals surface area contributed by atoms with E-state index in [9.17, 15) is 9.59 Å². The van der Waals surface area contributed by atoms with E-state index in [4.69, 9.17) is 0 Å². The van der Waals surface area contributed by atoms with Gasteiger partial charge in [0.2, 0.25) is 0 Å². The lowest BCUT2D eigenvalue weighted by Crippen LogP contribution is -2.77. The Bertz CT molecular complexity index is 857. The highest BCUT2D eigenvalue weighted by molar-refractivity contribution is 5.99. The molecule has 2 aromatic rings. The number of carbonyl (C=O) groups excluding carboxylic acids is 2. The fraction of sp³-hybridized carbons (Fsp3) is 0.364. The quantitative estimate of drug-likeness (QED) is 0.838. The molecule has 2 fully saturated rings. The predicted molar refractivity (Wildman–Crippen MR) is 105 cm³/mol. The first kappa shape index (κ1) is 17.7. The summed E-state index contributed by atoms with van der Waals surface area (Å²) in [6.45, 7) is 3.56. The lowest BCUT2D eigenvalue weighted by molar-refractivity contribution is -0.112. The molecule has 0 unspecified atom stereocenters. The number of benzene rings is 2. The second-order valence-electron chi connectivity index (χ2n) is 7.82.